The van der Waals surface area contributed by atoms with Crippen molar-refractivity contribution in [2.24, 2.45) is 0 Å². The van der Waals surface area contributed by atoms with E-state index in [4.69, 9.17) is 8.83 Å². The maximum absolute atomic E-state index is 9.43. The van der Waals surface area contributed by atoms with E-state index in [9.17, 15) is 5.11 Å². The van der Waals surface area contributed by atoms with Gasteiger partial charge in [0.2, 0.25) is 0 Å². The summed E-state index contributed by atoms with van der Waals surface area (Å²) in [5.74, 6) is 4.03. The summed E-state index contributed by atoms with van der Waals surface area (Å²) >= 11 is 0. The number of aliphatic hydroxyl groups excluding tert-OH is 1. The van der Waals surface area contributed by atoms with E-state index in [0.717, 1.165) is 68.6 Å². The zero-order valence-corrected chi connectivity index (χ0v) is 14.7. The van der Waals surface area contributed by atoms with Gasteiger partial charge in [-0.05, 0) is 37.6 Å². The molecular weight excluding hydrogens is 304 g/mol. The lowest BCUT2D eigenvalue weighted by molar-refractivity contribution is 0.0423. The number of hydrogen-bond acceptors (Lipinski definition) is 5. The molecule has 1 N–H and O–H groups in total. The Balaban J connectivity index is 1.59. The Kier molecular flexibility index (Phi) is 5.76. The first-order chi connectivity index (χ1) is 11.7. The van der Waals surface area contributed by atoms with E-state index in [0.29, 0.717) is 6.04 Å². The summed E-state index contributed by atoms with van der Waals surface area (Å²) in [6, 6.07) is 8.55. The monoisotopic (exact) mass is 332 g/mol. The number of aryl methyl sites for hydroxylation is 2. The highest BCUT2D eigenvalue weighted by Crippen LogP contribution is 2.20. The quantitative estimate of drug-likeness (QED) is 0.845. The van der Waals surface area contributed by atoms with Gasteiger partial charge in [-0.15, -0.1) is 0 Å². The second-order valence-electron chi connectivity index (χ2n) is 6.61. The third-order valence-electron chi connectivity index (χ3n) is 4.75. The van der Waals surface area contributed by atoms with Crippen LogP contribution < -0.4 is 0 Å². The van der Waals surface area contributed by atoms with E-state index in [2.05, 4.69) is 28.9 Å². The largest absolute Gasteiger partial charge is 0.465 e. The molecule has 24 heavy (non-hydrogen) atoms. The molecule has 0 bridgehead atoms. The number of hydrogen-bond donors (Lipinski definition) is 1. The van der Waals surface area contributed by atoms with Crippen molar-refractivity contribution < 1.29 is 13.9 Å². The fraction of sp³-hybridized carbons (Fsp3) is 0.579. The third kappa shape index (κ3) is 4.29. The van der Waals surface area contributed by atoms with Gasteiger partial charge in [0.15, 0.2) is 0 Å². The second kappa shape index (κ2) is 8.01. The molecule has 1 saturated heterocycles. The van der Waals surface area contributed by atoms with E-state index in [1.54, 1.807) is 0 Å². The van der Waals surface area contributed by atoms with Crippen LogP contribution >= 0.6 is 0 Å². The Morgan fingerprint density at radius 2 is 1.79 bits per heavy atom. The summed E-state index contributed by atoms with van der Waals surface area (Å²) in [5.41, 5.74) is 0. The van der Waals surface area contributed by atoms with E-state index < -0.39 is 0 Å². The van der Waals surface area contributed by atoms with Gasteiger partial charge in [-0.2, -0.15) is 0 Å². The predicted molar refractivity (Wildman–Crippen MR) is 92.7 cm³/mol. The van der Waals surface area contributed by atoms with Crippen LogP contribution in [0.2, 0.25) is 0 Å². The van der Waals surface area contributed by atoms with Gasteiger partial charge in [0.1, 0.15) is 23.0 Å². The smallest absolute Gasteiger partial charge is 0.118 e. The van der Waals surface area contributed by atoms with Crippen molar-refractivity contribution in [3.8, 4) is 0 Å². The average molecular weight is 332 g/mol. The van der Waals surface area contributed by atoms with Crippen molar-refractivity contribution in [2.75, 3.05) is 26.2 Å². The topological polar surface area (TPSA) is 53.0 Å². The molecule has 1 aliphatic rings. The van der Waals surface area contributed by atoms with Crippen LogP contribution in [0.5, 0.6) is 0 Å². The standard InChI is InChI=1S/C19H28N2O3/c1-3-17-6-7-18(24-17)13-20-9-10-21(16(12-20)8-11-22)14-19-5-4-15(2)23-19/h4-7,16,22H,3,8-14H2,1-2H3/t16-/m1/s1. The van der Waals surface area contributed by atoms with E-state index in [1.807, 2.05) is 19.1 Å². The predicted octanol–water partition coefficient (Wildman–Crippen LogP) is 2.81. The van der Waals surface area contributed by atoms with Gasteiger partial charge in [-0.25, -0.2) is 0 Å². The summed E-state index contributed by atoms with van der Waals surface area (Å²) in [7, 11) is 0. The van der Waals surface area contributed by atoms with Crippen LogP contribution in [0.4, 0.5) is 0 Å². The van der Waals surface area contributed by atoms with Crippen LogP contribution in [0, 0.1) is 6.92 Å². The molecule has 0 aromatic carbocycles. The highest BCUT2D eigenvalue weighted by molar-refractivity contribution is 5.08. The molecule has 0 unspecified atom stereocenters. The van der Waals surface area contributed by atoms with Gasteiger partial charge in [0.25, 0.3) is 0 Å². The zero-order valence-electron chi connectivity index (χ0n) is 14.7. The van der Waals surface area contributed by atoms with Crippen LogP contribution in [0.3, 0.4) is 0 Å². The van der Waals surface area contributed by atoms with Gasteiger partial charge in [-0.3, -0.25) is 9.80 Å². The Morgan fingerprint density at radius 3 is 2.46 bits per heavy atom. The normalized spacial score (nSPS) is 19.9. The molecule has 0 saturated carbocycles. The number of nitrogens with zero attached hydrogens (tertiary/aromatic N) is 2. The summed E-state index contributed by atoms with van der Waals surface area (Å²) in [6.45, 7) is 8.88. The van der Waals surface area contributed by atoms with Gasteiger partial charge < -0.3 is 13.9 Å². The van der Waals surface area contributed by atoms with Crippen LogP contribution in [-0.2, 0) is 19.5 Å². The molecular formula is C19H28N2O3. The Bertz CT molecular complexity index is 634. The molecule has 1 atom stereocenters. The third-order valence-corrected chi connectivity index (χ3v) is 4.75. The van der Waals surface area contributed by atoms with Gasteiger partial charge in [0.05, 0.1) is 13.1 Å². The van der Waals surface area contributed by atoms with Crippen molar-refractivity contribution >= 4 is 0 Å². The molecule has 1 aliphatic heterocycles. The number of aliphatic hydroxyl groups is 1. The molecule has 132 valence electrons. The molecule has 2 aromatic rings. The molecule has 0 aliphatic carbocycles. The first-order valence-corrected chi connectivity index (χ1v) is 8.88. The minimum atomic E-state index is 0.215. The average Bonchev–Trinajstić information content (AvgIpc) is 3.19. The maximum atomic E-state index is 9.43. The van der Waals surface area contributed by atoms with Crippen LogP contribution in [0.1, 0.15) is 36.4 Å². The molecule has 3 heterocycles. The summed E-state index contributed by atoms with van der Waals surface area (Å²) < 4.78 is 11.6. The minimum absolute atomic E-state index is 0.215. The van der Waals surface area contributed by atoms with Crippen LogP contribution in [0.25, 0.3) is 0 Å². The van der Waals surface area contributed by atoms with Crippen molar-refractivity contribution in [3.63, 3.8) is 0 Å². The highest BCUT2D eigenvalue weighted by Gasteiger charge is 2.27. The molecule has 0 spiro atoms. The van der Waals surface area contributed by atoms with Crippen LogP contribution in [0.15, 0.2) is 33.1 Å². The highest BCUT2D eigenvalue weighted by atomic mass is 16.3. The van der Waals surface area contributed by atoms with Gasteiger partial charge in [0, 0.05) is 38.7 Å². The van der Waals surface area contributed by atoms with Crippen molar-refractivity contribution in [2.45, 2.75) is 45.8 Å². The van der Waals surface area contributed by atoms with Gasteiger partial charge in [-0.1, -0.05) is 6.92 Å². The molecule has 3 rings (SSSR count). The molecule has 1 fully saturated rings. The number of rotatable bonds is 7. The second-order valence-corrected chi connectivity index (χ2v) is 6.61. The Labute approximate surface area is 143 Å². The van der Waals surface area contributed by atoms with Crippen LogP contribution in [-0.4, -0.2) is 47.2 Å². The van der Waals surface area contributed by atoms with Crippen molar-refractivity contribution in [1.29, 1.82) is 0 Å². The maximum Gasteiger partial charge on any atom is 0.118 e. The molecule has 2 aromatic heterocycles. The minimum Gasteiger partial charge on any atom is -0.465 e. The lowest BCUT2D eigenvalue weighted by Gasteiger charge is -2.40. The Hall–Kier alpha value is -1.56. The van der Waals surface area contributed by atoms with Crippen molar-refractivity contribution in [1.82, 2.24) is 9.80 Å². The Morgan fingerprint density at radius 1 is 1.04 bits per heavy atom. The van der Waals surface area contributed by atoms with Gasteiger partial charge >= 0.3 is 0 Å². The summed E-state index contributed by atoms with van der Waals surface area (Å²) in [4.78, 5) is 4.84. The molecule has 5 heteroatoms. The summed E-state index contributed by atoms with van der Waals surface area (Å²) in [6.07, 6.45) is 1.72. The molecule has 0 radical (unpaired) electrons. The lowest BCUT2D eigenvalue weighted by atomic mass is 10.1. The van der Waals surface area contributed by atoms with E-state index in [-0.39, 0.29) is 6.61 Å². The first-order valence-electron chi connectivity index (χ1n) is 8.88. The molecule has 5 nitrogen and oxygen atoms in total. The number of furan rings is 2. The summed E-state index contributed by atoms with van der Waals surface area (Å²) in [5, 5.41) is 9.43. The molecule has 0 amide bonds. The zero-order chi connectivity index (χ0) is 16.9. The van der Waals surface area contributed by atoms with E-state index >= 15 is 0 Å². The SMILES string of the molecule is CCc1ccc(CN2CCN(Cc3ccc(C)o3)[C@H](CCO)C2)o1. The first kappa shape index (κ1) is 17.3. The lowest BCUT2D eigenvalue weighted by Crippen LogP contribution is -2.52. The number of piperazine rings is 1. The van der Waals surface area contributed by atoms with Crippen molar-refractivity contribution in [3.05, 3.63) is 47.3 Å². The fourth-order valence-electron chi connectivity index (χ4n) is 3.42. The fourth-order valence-corrected chi connectivity index (χ4v) is 3.42. The van der Waals surface area contributed by atoms with E-state index in [1.165, 1.54) is 0 Å².